The third-order valence-electron chi connectivity index (χ3n) is 6.52. The number of nitrogens with one attached hydrogen (secondary N) is 1. The van der Waals surface area contributed by atoms with Gasteiger partial charge in [0.25, 0.3) is 6.43 Å². The quantitative estimate of drug-likeness (QED) is 0.540. The number of nitrogens with zero attached hydrogens (tertiary/aromatic N) is 6. The summed E-state index contributed by atoms with van der Waals surface area (Å²) in [6, 6.07) is 4.36. The van der Waals surface area contributed by atoms with E-state index < -0.39 is 12.2 Å². The number of halogens is 3. The minimum absolute atomic E-state index is 0.102. The van der Waals surface area contributed by atoms with E-state index in [0.717, 1.165) is 25.9 Å². The summed E-state index contributed by atoms with van der Waals surface area (Å²) in [6.07, 6.45) is 0.797. The third kappa shape index (κ3) is 3.00. The molecule has 2 fully saturated rings. The Hall–Kier alpha value is -3.01. The highest BCUT2D eigenvalue weighted by Gasteiger charge is 2.39. The number of rotatable bonds is 3. The molecule has 0 bridgehead atoms. The highest BCUT2D eigenvalue weighted by Crippen LogP contribution is 2.41. The van der Waals surface area contributed by atoms with E-state index >= 15 is 0 Å². The van der Waals surface area contributed by atoms with Gasteiger partial charge >= 0.3 is 0 Å². The number of hydrogen-bond donors (Lipinski definition) is 1. The minimum Gasteiger partial charge on any atom is -0.316 e. The predicted octanol–water partition coefficient (Wildman–Crippen LogP) is 3.70. The molecular weight excluding hydrogens is 407 g/mol. The van der Waals surface area contributed by atoms with Gasteiger partial charge in [0.2, 0.25) is 0 Å². The molecule has 4 heterocycles. The highest BCUT2D eigenvalue weighted by molar-refractivity contribution is 5.81. The van der Waals surface area contributed by atoms with E-state index in [9.17, 15) is 13.2 Å². The summed E-state index contributed by atoms with van der Waals surface area (Å²) in [4.78, 5) is 5.76. The summed E-state index contributed by atoms with van der Waals surface area (Å²) in [5, 5.41) is 16.7. The highest BCUT2D eigenvalue weighted by atomic mass is 19.3. The van der Waals surface area contributed by atoms with Gasteiger partial charge < -0.3 is 5.32 Å². The van der Waals surface area contributed by atoms with Crippen LogP contribution in [0.2, 0.25) is 0 Å². The first-order chi connectivity index (χ1) is 15.0. The maximum Gasteiger partial charge on any atom is 0.267 e. The molecule has 2 atom stereocenters. The third-order valence-corrected chi connectivity index (χ3v) is 6.52. The van der Waals surface area contributed by atoms with Gasteiger partial charge in [0.1, 0.15) is 11.0 Å². The van der Waals surface area contributed by atoms with Gasteiger partial charge in [-0.2, -0.15) is 15.0 Å². The van der Waals surface area contributed by atoms with Crippen molar-refractivity contribution in [1.29, 1.82) is 0 Å². The minimum atomic E-state index is -2.73. The second-order valence-electron chi connectivity index (χ2n) is 8.59. The molecule has 1 aliphatic carbocycles. The van der Waals surface area contributed by atoms with E-state index in [4.69, 9.17) is 0 Å². The number of hydrogen-bond acceptors (Lipinski definition) is 5. The summed E-state index contributed by atoms with van der Waals surface area (Å²) in [6.45, 7) is 3.73. The molecule has 7 nitrogen and oxygen atoms in total. The molecule has 10 heteroatoms. The fourth-order valence-corrected chi connectivity index (χ4v) is 5.05. The van der Waals surface area contributed by atoms with Gasteiger partial charge in [-0.25, -0.2) is 22.7 Å². The number of imidazole rings is 1. The molecule has 1 saturated heterocycles. The first kappa shape index (κ1) is 18.7. The molecule has 1 saturated carbocycles. The van der Waals surface area contributed by atoms with Crippen LogP contribution in [0.5, 0.6) is 0 Å². The first-order valence-corrected chi connectivity index (χ1v) is 10.4. The smallest absolute Gasteiger partial charge is 0.267 e. The summed E-state index contributed by atoms with van der Waals surface area (Å²) in [7, 11) is 0. The number of alkyl halides is 2. The normalized spacial score (nSPS) is 23.5. The maximum atomic E-state index is 14.9. The average molecular weight is 427 g/mol. The summed E-state index contributed by atoms with van der Waals surface area (Å²) in [5.41, 5.74) is 1.63. The molecule has 0 spiro atoms. The van der Waals surface area contributed by atoms with E-state index in [-0.39, 0.29) is 28.5 Å². The van der Waals surface area contributed by atoms with Crippen LogP contribution in [0.15, 0.2) is 24.4 Å². The Kier molecular flexibility index (Phi) is 4.08. The summed E-state index contributed by atoms with van der Waals surface area (Å²) in [5.74, 6) is 0.685. The molecule has 4 aromatic rings. The Morgan fingerprint density at radius 3 is 2.58 bits per heavy atom. The van der Waals surface area contributed by atoms with Crippen LogP contribution in [-0.2, 0) is 0 Å². The van der Waals surface area contributed by atoms with Crippen LogP contribution < -0.4 is 5.32 Å². The van der Waals surface area contributed by atoms with Crippen molar-refractivity contribution in [3.8, 4) is 11.3 Å². The molecule has 1 aliphatic heterocycles. The lowest BCUT2D eigenvalue weighted by Gasteiger charge is -2.09. The van der Waals surface area contributed by atoms with Crippen molar-refractivity contribution >= 4 is 16.7 Å². The second kappa shape index (κ2) is 6.74. The van der Waals surface area contributed by atoms with Crippen LogP contribution in [-0.4, -0.2) is 42.7 Å². The van der Waals surface area contributed by atoms with Crippen molar-refractivity contribution in [2.75, 3.05) is 13.1 Å². The average Bonchev–Trinajstić information content (AvgIpc) is 3.47. The van der Waals surface area contributed by atoms with Gasteiger partial charge in [-0.15, -0.1) is 5.10 Å². The zero-order valence-corrected chi connectivity index (χ0v) is 16.8. The Labute approximate surface area is 175 Å². The lowest BCUT2D eigenvalue weighted by atomic mass is 10.0. The van der Waals surface area contributed by atoms with Gasteiger partial charge in [-0.1, -0.05) is 0 Å². The van der Waals surface area contributed by atoms with Crippen LogP contribution in [0.1, 0.15) is 36.6 Å². The molecule has 160 valence electrons. The zero-order valence-electron chi connectivity index (χ0n) is 16.8. The van der Waals surface area contributed by atoms with Crippen molar-refractivity contribution in [3.63, 3.8) is 0 Å². The fraction of sp³-hybridized carbons (Fsp3) is 0.429. The number of aromatic nitrogens is 6. The molecular formula is C21H20F3N7. The van der Waals surface area contributed by atoms with Crippen LogP contribution >= 0.6 is 0 Å². The van der Waals surface area contributed by atoms with E-state index in [0.29, 0.717) is 28.6 Å². The number of aryl methyl sites for hydroxylation is 1. The van der Waals surface area contributed by atoms with Crippen molar-refractivity contribution in [3.05, 3.63) is 41.5 Å². The molecule has 31 heavy (non-hydrogen) atoms. The van der Waals surface area contributed by atoms with Gasteiger partial charge in [-0.3, -0.25) is 0 Å². The lowest BCUT2D eigenvalue weighted by molar-refractivity contribution is 0.152. The molecule has 6 rings (SSSR count). The molecule has 1 aromatic carbocycles. The Morgan fingerprint density at radius 2 is 1.84 bits per heavy atom. The van der Waals surface area contributed by atoms with Crippen molar-refractivity contribution in [1.82, 2.24) is 34.9 Å². The van der Waals surface area contributed by atoms with Crippen LogP contribution in [0.4, 0.5) is 13.2 Å². The van der Waals surface area contributed by atoms with Gasteiger partial charge in [0.05, 0.1) is 29.2 Å². The SMILES string of the molecule is Cc1cn2nc(-c3cc(F)c4nn(C5CC6CNCC6C5)nc4c3)cc(C(F)F)c2n1. The Morgan fingerprint density at radius 1 is 1.06 bits per heavy atom. The van der Waals surface area contributed by atoms with Crippen LogP contribution in [0.25, 0.3) is 27.9 Å². The van der Waals surface area contributed by atoms with Crippen molar-refractivity contribution < 1.29 is 13.2 Å². The van der Waals surface area contributed by atoms with Gasteiger partial charge in [0, 0.05) is 5.56 Å². The van der Waals surface area contributed by atoms with Crippen molar-refractivity contribution in [2.24, 2.45) is 11.8 Å². The number of benzene rings is 1. The Balaban J connectivity index is 1.42. The van der Waals surface area contributed by atoms with Crippen molar-refractivity contribution in [2.45, 2.75) is 32.2 Å². The molecule has 1 N–H and O–H groups in total. The standard InChI is InChI=1S/C21H20F3N7/c1-10-9-30-21(26-10)15(20(23)24)6-17(27-30)11-4-16(22)19-18(5-11)28-31(29-19)14-2-12-7-25-8-13(12)3-14/h4-6,9,12-14,20,25H,2-3,7-8H2,1H3. The van der Waals surface area contributed by atoms with E-state index in [1.165, 1.54) is 16.6 Å². The Bertz CT molecular complexity index is 1300. The topological polar surface area (TPSA) is 72.9 Å². The van der Waals surface area contributed by atoms with E-state index in [2.05, 4.69) is 25.6 Å². The van der Waals surface area contributed by atoms with Crippen LogP contribution in [0, 0.1) is 24.6 Å². The maximum absolute atomic E-state index is 14.9. The van der Waals surface area contributed by atoms with E-state index in [1.807, 2.05) is 0 Å². The molecule has 2 unspecified atom stereocenters. The molecule has 0 radical (unpaired) electrons. The monoisotopic (exact) mass is 427 g/mol. The molecule has 2 aliphatic rings. The lowest BCUT2D eigenvalue weighted by Crippen LogP contribution is -2.15. The number of fused-ring (bicyclic) bond motifs is 3. The van der Waals surface area contributed by atoms with Gasteiger partial charge in [0.15, 0.2) is 11.5 Å². The molecule has 0 amide bonds. The fourth-order valence-electron chi connectivity index (χ4n) is 5.05. The van der Waals surface area contributed by atoms with Gasteiger partial charge in [-0.05, 0) is 62.9 Å². The first-order valence-electron chi connectivity index (χ1n) is 10.4. The zero-order chi connectivity index (χ0) is 21.3. The van der Waals surface area contributed by atoms with E-state index in [1.54, 1.807) is 24.0 Å². The second-order valence-corrected chi connectivity index (χ2v) is 8.59. The summed E-state index contributed by atoms with van der Waals surface area (Å²) >= 11 is 0. The predicted molar refractivity (Wildman–Crippen MR) is 107 cm³/mol. The van der Waals surface area contributed by atoms with Crippen LogP contribution in [0.3, 0.4) is 0 Å². The summed E-state index contributed by atoms with van der Waals surface area (Å²) < 4.78 is 43.5. The largest absolute Gasteiger partial charge is 0.316 e. The molecule has 3 aromatic heterocycles.